The highest BCUT2D eigenvalue weighted by atomic mass is 35.5. The van der Waals surface area contributed by atoms with Crippen LogP contribution in [-0.2, 0) is 4.79 Å². The molecule has 2 aromatic rings. The monoisotopic (exact) mass is 392 g/mol. The summed E-state index contributed by atoms with van der Waals surface area (Å²) in [5.74, 6) is 1.60. The Balaban J connectivity index is 2.01. The van der Waals surface area contributed by atoms with Crippen molar-refractivity contribution in [2.45, 2.75) is 13.0 Å². The predicted octanol–water partition coefficient (Wildman–Crippen LogP) is 3.28. The lowest BCUT2D eigenvalue weighted by Crippen LogP contribution is -2.33. The Labute approximate surface area is 162 Å². The van der Waals surface area contributed by atoms with E-state index in [0.717, 1.165) is 0 Å². The molecule has 0 aliphatic heterocycles. The van der Waals surface area contributed by atoms with Crippen LogP contribution < -0.4 is 24.4 Å². The van der Waals surface area contributed by atoms with E-state index in [2.05, 4.69) is 10.5 Å². The van der Waals surface area contributed by atoms with Crippen LogP contribution in [0.5, 0.6) is 23.0 Å². The highest BCUT2D eigenvalue weighted by Gasteiger charge is 2.15. The summed E-state index contributed by atoms with van der Waals surface area (Å²) in [5.41, 5.74) is 3.10. The van der Waals surface area contributed by atoms with Crippen LogP contribution in [0.1, 0.15) is 12.5 Å². The molecule has 0 saturated carbocycles. The Bertz CT molecular complexity index is 783. The summed E-state index contributed by atoms with van der Waals surface area (Å²) in [7, 11) is 4.57. The lowest BCUT2D eigenvalue weighted by atomic mass is 10.2. The van der Waals surface area contributed by atoms with Gasteiger partial charge in [0.15, 0.2) is 17.6 Å². The van der Waals surface area contributed by atoms with Crippen LogP contribution >= 0.6 is 11.6 Å². The van der Waals surface area contributed by atoms with Crippen LogP contribution in [-0.4, -0.2) is 39.6 Å². The fourth-order valence-corrected chi connectivity index (χ4v) is 2.33. The highest BCUT2D eigenvalue weighted by molar-refractivity contribution is 6.30. The second kappa shape index (κ2) is 9.68. The van der Waals surface area contributed by atoms with Crippen LogP contribution in [0.4, 0.5) is 0 Å². The average molecular weight is 393 g/mol. The van der Waals surface area contributed by atoms with Gasteiger partial charge in [-0.3, -0.25) is 4.79 Å². The van der Waals surface area contributed by atoms with E-state index in [1.165, 1.54) is 27.5 Å². The molecule has 7 nitrogen and oxygen atoms in total. The van der Waals surface area contributed by atoms with Crippen molar-refractivity contribution in [1.29, 1.82) is 0 Å². The van der Waals surface area contributed by atoms with Gasteiger partial charge in [-0.1, -0.05) is 11.6 Å². The molecule has 0 aliphatic carbocycles. The average Bonchev–Trinajstić information content (AvgIpc) is 2.68. The van der Waals surface area contributed by atoms with Crippen LogP contribution in [0.15, 0.2) is 41.5 Å². The number of rotatable bonds is 8. The fourth-order valence-electron chi connectivity index (χ4n) is 2.21. The van der Waals surface area contributed by atoms with E-state index < -0.39 is 12.0 Å². The molecule has 0 heterocycles. The summed E-state index contributed by atoms with van der Waals surface area (Å²) in [4.78, 5) is 12.1. The van der Waals surface area contributed by atoms with Gasteiger partial charge in [0.1, 0.15) is 5.75 Å². The highest BCUT2D eigenvalue weighted by Crippen LogP contribution is 2.37. The number of carbonyl (C=O) groups excluding carboxylic acids is 1. The summed E-state index contributed by atoms with van der Waals surface area (Å²) in [5, 5.41) is 4.54. The van der Waals surface area contributed by atoms with E-state index in [-0.39, 0.29) is 0 Å². The molecule has 0 fully saturated rings. The van der Waals surface area contributed by atoms with Crippen LogP contribution in [0.3, 0.4) is 0 Å². The number of amides is 1. The largest absolute Gasteiger partial charge is 0.493 e. The molecule has 144 valence electrons. The van der Waals surface area contributed by atoms with Gasteiger partial charge in [0.2, 0.25) is 5.75 Å². The summed E-state index contributed by atoms with van der Waals surface area (Å²) in [6, 6.07) is 10.2. The molecule has 1 N–H and O–H groups in total. The number of hydrogen-bond donors (Lipinski definition) is 1. The van der Waals surface area contributed by atoms with Crippen LogP contribution in [0.2, 0.25) is 5.02 Å². The van der Waals surface area contributed by atoms with Crippen LogP contribution in [0.25, 0.3) is 0 Å². The summed E-state index contributed by atoms with van der Waals surface area (Å²) in [6.07, 6.45) is 0.737. The van der Waals surface area contributed by atoms with Crippen molar-refractivity contribution in [3.63, 3.8) is 0 Å². The standard InChI is InChI=1S/C19H21ClN2O5/c1-12(27-15-7-5-14(20)6-8-15)19(23)22-21-11-13-9-16(24-2)18(26-4)17(10-13)25-3/h5-12H,1-4H3,(H,22,23)/t12-/m1/s1. The molecule has 0 aliphatic rings. The molecule has 2 aromatic carbocycles. The summed E-state index contributed by atoms with van der Waals surface area (Å²) < 4.78 is 21.4. The van der Waals surface area contributed by atoms with Crippen molar-refractivity contribution >= 4 is 23.7 Å². The van der Waals surface area contributed by atoms with E-state index in [1.807, 2.05) is 0 Å². The molecule has 0 saturated heterocycles. The van der Waals surface area contributed by atoms with Gasteiger partial charge in [-0.15, -0.1) is 0 Å². The zero-order chi connectivity index (χ0) is 19.8. The van der Waals surface area contributed by atoms with E-state index in [1.54, 1.807) is 43.3 Å². The third-order valence-corrected chi connectivity index (χ3v) is 3.82. The molecular formula is C19H21ClN2O5. The lowest BCUT2D eigenvalue weighted by molar-refractivity contribution is -0.127. The van der Waals surface area contributed by atoms with Crippen molar-refractivity contribution in [2.24, 2.45) is 5.10 Å². The maximum absolute atomic E-state index is 12.1. The molecule has 0 bridgehead atoms. The minimum Gasteiger partial charge on any atom is -0.493 e. The molecule has 27 heavy (non-hydrogen) atoms. The van der Waals surface area contributed by atoms with E-state index in [9.17, 15) is 4.79 Å². The normalized spacial score (nSPS) is 11.7. The Morgan fingerprint density at radius 1 is 1.07 bits per heavy atom. The van der Waals surface area contributed by atoms with Gasteiger partial charge in [0.25, 0.3) is 5.91 Å². The number of hydrogen-bond acceptors (Lipinski definition) is 6. The van der Waals surface area contributed by atoms with E-state index >= 15 is 0 Å². The number of halogens is 1. The maximum atomic E-state index is 12.1. The number of hydrazone groups is 1. The number of benzene rings is 2. The van der Waals surface area contributed by atoms with Crippen LogP contribution in [0, 0.1) is 0 Å². The number of methoxy groups -OCH3 is 3. The predicted molar refractivity (Wildman–Crippen MR) is 103 cm³/mol. The molecule has 0 spiro atoms. The smallest absolute Gasteiger partial charge is 0.280 e. The van der Waals surface area contributed by atoms with Gasteiger partial charge in [0, 0.05) is 10.6 Å². The minimum absolute atomic E-state index is 0.395. The number of nitrogens with zero attached hydrogens (tertiary/aromatic N) is 1. The Kier molecular flexibility index (Phi) is 7.31. The maximum Gasteiger partial charge on any atom is 0.280 e. The van der Waals surface area contributed by atoms with Crippen molar-refractivity contribution in [1.82, 2.24) is 5.43 Å². The second-order valence-corrected chi connectivity index (χ2v) is 5.84. The first-order valence-electron chi connectivity index (χ1n) is 8.03. The van der Waals surface area contributed by atoms with Crippen molar-refractivity contribution in [3.05, 3.63) is 47.0 Å². The topological polar surface area (TPSA) is 78.4 Å². The van der Waals surface area contributed by atoms with Gasteiger partial charge in [-0.25, -0.2) is 5.43 Å². The summed E-state index contributed by atoms with van der Waals surface area (Å²) in [6.45, 7) is 1.62. The first kappa shape index (κ1) is 20.4. The van der Waals surface area contributed by atoms with Gasteiger partial charge in [-0.2, -0.15) is 5.10 Å². The zero-order valence-electron chi connectivity index (χ0n) is 15.5. The van der Waals surface area contributed by atoms with Gasteiger partial charge < -0.3 is 18.9 Å². The molecule has 8 heteroatoms. The third-order valence-electron chi connectivity index (χ3n) is 3.57. The molecule has 1 amide bonds. The molecule has 0 unspecified atom stereocenters. The van der Waals surface area contributed by atoms with E-state index in [0.29, 0.717) is 33.6 Å². The Morgan fingerprint density at radius 2 is 1.67 bits per heavy atom. The van der Waals surface area contributed by atoms with E-state index in [4.69, 9.17) is 30.5 Å². The van der Waals surface area contributed by atoms with Crippen molar-refractivity contribution in [3.8, 4) is 23.0 Å². The van der Waals surface area contributed by atoms with Crippen molar-refractivity contribution < 1.29 is 23.7 Å². The number of nitrogens with one attached hydrogen (secondary N) is 1. The molecule has 1 atom stereocenters. The first-order valence-corrected chi connectivity index (χ1v) is 8.41. The van der Waals surface area contributed by atoms with Gasteiger partial charge in [0.05, 0.1) is 27.5 Å². The minimum atomic E-state index is -0.733. The molecule has 2 rings (SSSR count). The van der Waals surface area contributed by atoms with Gasteiger partial charge >= 0.3 is 0 Å². The number of ether oxygens (including phenoxy) is 4. The van der Waals surface area contributed by atoms with Crippen molar-refractivity contribution in [2.75, 3.05) is 21.3 Å². The van der Waals surface area contributed by atoms with Gasteiger partial charge in [-0.05, 0) is 43.3 Å². The SMILES string of the molecule is COc1cc(C=NNC(=O)[C@@H](C)Oc2ccc(Cl)cc2)cc(OC)c1OC. The quantitative estimate of drug-likeness (QED) is 0.551. The summed E-state index contributed by atoms with van der Waals surface area (Å²) >= 11 is 5.82. The Hall–Kier alpha value is -2.93. The lowest BCUT2D eigenvalue weighted by Gasteiger charge is -2.13. The number of carbonyl (C=O) groups is 1. The first-order chi connectivity index (χ1) is 13.0. The second-order valence-electron chi connectivity index (χ2n) is 5.41. The molecular weight excluding hydrogens is 372 g/mol. The molecule has 0 radical (unpaired) electrons. The zero-order valence-corrected chi connectivity index (χ0v) is 16.2. The third kappa shape index (κ3) is 5.52. The molecule has 0 aromatic heterocycles. The fraction of sp³-hybridized carbons (Fsp3) is 0.263. The Morgan fingerprint density at radius 3 is 2.19 bits per heavy atom.